The third-order valence-corrected chi connectivity index (χ3v) is 2.68. The first-order valence-electron chi connectivity index (χ1n) is 6.70. The lowest BCUT2D eigenvalue weighted by Crippen LogP contribution is -2.25. The molecule has 19 heavy (non-hydrogen) atoms. The van der Waals surface area contributed by atoms with E-state index in [1.165, 1.54) is 0 Å². The van der Waals surface area contributed by atoms with Crippen LogP contribution < -0.4 is 0 Å². The molecule has 0 saturated heterocycles. The van der Waals surface area contributed by atoms with Crippen LogP contribution in [0.3, 0.4) is 0 Å². The Morgan fingerprint density at radius 3 is 2.37 bits per heavy atom. The molecule has 0 N–H and O–H groups in total. The topological polar surface area (TPSA) is 49.7 Å². The van der Waals surface area contributed by atoms with E-state index in [1.54, 1.807) is 6.92 Å². The Balaban J connectivity index is 2.84. The first-order valence-corrected chi connectivity index (χ1v) is 6.70. The highest BCUT2D eigenvalue weighted by Gasteiger charge is 2.18. The lowest BCUT2D eigenvalue weighted by Gasteiger charge is -2.19. The van der Waals surface area contributed by atoms with Gasteiger partial charge in [-0.25, -0.2) is 4.79 Å². The van der Waals surface area contributed by atoms with Gasteiger partial charge in [-0.15, -0.1) is 0 Å². The number of aryl methyl sites for hydroxylation is 1. The first-order chi connectivity index (χ1) is 9.13. The highest BCUT2D eigenvalue weighted by Crippen LogP contribution is 2.13. The van der Waals surface area contributed by atoms with Crippen LogP contribution in [-0.2, 0) is 20.8 Å². The summed E-state index contributed by atoms with van der Waals surface area (Å²) in [5.41, 5.74) is 1.46. The minimum absolute atomic E-state index is 0.309. The van der Waals surface area contributed by atoms with Crippen molar-refractivity contribution in [2.45, 2.75) is 40.5 Å². The van der Waals surface area contributed by atoms with Crippen molar-refractivity contribution in [1.82, 2.24) is 4.57 Å². The molecule has 5 heteroatoms. The van der Waals surface area contributed by atoms with E-state index in [0.717, 1.165) is 5.56 Å². The van der Waals surface area contributed by atoms with Crippen LogP contribution in [0.15, 0.2) is 12.3 Å². The maximum absolute atomic E-state index is 11.9. The van der Waals surface area contributed by atoms with Crippen LogP contribution >= 0.6 is 0 Å². The molecule has 0 aliphatic rings. The number of ether oxygens (including phenoxy) is 3. The van der Waals surface area contributed by atoms with Gasteiger partial charge in [-0.3, -0.25) is 0 Å². The SMILES string of the molecule is CCOC(=O)c1c(C)ccn1CC(OCC)OCC. The number of aromatic nitrogens is 1. The van der Waals surface area contributed by atoms with Gasteiger partial charge in [-0.05, 0) is 39.3 Å². The van der Waals surface area contributed by atoms with E-state index in [9.17, 15) is 4.79 Å². The number of carbonyl (C=O) groups is 1. The van der Waals surface area contributed by atoms with Gasteiger partial charge >= 0.3 is 5.97 Å². The van der Waals surface area contributed by atoms with Crippen molar-refractivity contribution in [1.29, 1.82) is 0 Å². The Labute approximate surface area is 114 Å². The van der Waals surface area contributed by atoms with E-state index >= 15 is 0 Å². The largest absolute Gasteiger partial charge is 0.461 e. The zero-order chi connectivity index (χ0) is 14.3. The number of hydrogen-bond acceptors (Lipinski definition) is 4. The average molecular weight is 269 g/mol. The second kappa shape index (κ2) is 7.96. The van der Waals surface area contributed by atoms with Crippen molar-refractivity contribution in [3.63, 3.8) is 0 Å². The van der Waals surface area contributed by atoms with E-state index in [-0.39, 0.29) is 12.3 Å². The molecule has 1 aromatic heterocycles. The Morgan fingerprint density at radius 1 is 1.21 bits per heavy atom. The molecule has 1 aromatic rings. The standard InChI is InChI=1S/C14H23NO4/c1-5-17-12(18-6-2)10-15-9-8-11(4)13(15)14(16)19-7-3/h8-9,12H,5-7,10H2,1-4H3. The molecule has 0 atom stereocenters. The van der Waals surface area contributed by atoms with Crippen LogP contribution in [0, 0.1) is 6.92 Å². The number of rotatable bonds is 8. The van der Waals surface area contributed by atoms with Crippen LogP contribution in [0.1, 0.15) is 36.8 Å². The van der Waals surface area contributed by atoms with Crippen LogP contribution in [0.25, 0.3) is 0 Å². The van der Waals surface area contributed by atoms with E-state index in [1.807, 2.05) is 37.6 Å². The molecular formula is C14H23NO4. The van der Waals surface area contributed by atoms with Crippen molar-refractivity contribution in [3.8, 4) is 0 Å². The number of hydrogen-bond donors (Lipinski definition) is 0. The Kier molecular flexibility index (Phi) is 6.59. The molecule has 0 radical (unpaired) electrons. The number of nitrogens with zero attached hydrogens (tertiary/aromatic N) is 1. The van der Waals surface area contributed by atoms with Gasteiger partial charge in [-0.2, -0.15) is 0 Å². The van der Waals surface area contributed by atoms with Gasteiger partial charge in [0.2, 0.25) is 0 Å². The van der Waals surface area contributed by atoms with Crippen molar-refractivity contribution >= 4 is 5.97 Å². The highest BCUT2D eigenvalue weighted by atomic mass is 16.7. The fourth-order valence-corrected chi connectivity index (χ4v) is 1.90. The van der Waals surface area contributed by atoms with Crippen LogP contribution in [0.4, 0.5) is 0 Å². The quantitative estimate of drug-likeness (QED) is 0.537. The van der Waals surface area contributed by atoms with E-state index in [4.69, 9.17) is 14.2 Å². The lowest BCUT2D eigenvalue weighted by atomic mass is 10.3. The summed E-state index contributed by atoms with van der Waals surface area (Å²) < 4.78 is 17.9. The summed E-state index contributed by atoms with van der Waals surface area (Å²) in [6.45, 7) is 9.49. The van der Waals surface area contributed by atoms with Gasteiger partial charge < -0.3 is 18.8 Å². The van der Waals surface area contributed by atoms with Crippen LogP contribution in [0.2, 0.25) is 0 Å². The summed E-state index contributed by atoms with van der Waals surface area (Å²) >= 11 is 0. The van der Waals surface area contributed by atoms with Crippen molar-refractivity contribution in [2.75, 3.05) is 19.8 Å². The molecule has 0 bridgehead atoms. The normalized spacial score (nSPS) is 11.0. The molecule has 0 aromatic carbocycles. The monoisotopic (exact) mass is 269 g/mol. The van der Waals surface area contributed by atoms with E-state index in [0.29, 0.717) is 32.1 Å². The number of carbonyl (C=O) groups excluding carboxylic acids is 1. The summed E-state index contributed by atoms with van der Waals surface area (Å²) in [6.07, 6.45) is 1.50. The summed E-state index contributed by atoms with van der Waals surface area (Å²) in [5.74, 6) is -0.309. The Hall–Kier alpha value is -1.33. The van der Waals surface area contributed by atoms with Crippen LogP contribution in [-0.4, -0.2) is 36.6 Å². The van der Waals surface area contributed by atoms with Gasteiger partial charge in [0.25, 0.3) is 0 Å². The van der Waals surface area contributed by atoms with E-state index < -0.39 is 0 Å². The zero-order valence-electron chi connectivity index (χ0n) is 12.1. The van der Waals surface area contributed by atoms with Gasteiger partial charge in [0, 0.05) is 19.4 Å². The van der Waals surface area contributed by atoms with Gasteiger partial charge in [0.05, 0.1) is 13.2 Å². The first kappa shape index (κ1) is 15.7. The third-order valence-electron chi connectivity index (χ3n) is 2.68. The van der Waals surface area contributed by atoms with Crippen molar-refractivity contribution < 1.29 is 19.0 Å². The second-order valence-corrected chi connectivity index (χ2v) is 4.06. The van der Waals surface area contributed by atoms with Gasteiger partial charge in [0.15, 0.2) is 6.29 Å². The lowest BCUT2D eigenvalue weighted by molar-refractivity contribution is -0.143. The molecule has 0 fully saturated rings. The fourth-order valence-electron chi connectivity index (χ4n) is 1.90. The molecule has 5 nitrogen and oxygen atoms in total. The highest BCUT2D eigenvalue weighted by molar-refractivity contribution is 5.89. The van der Waals surface area contributed by atoms with Gasteiger partial charge in [0.1, 0.15) is 5.69 Å². The maximum atomic E-state index is 11.9. The predicted molar refractivity (Wildman–Crippen MR) is 72.2 cm³/mol. The van der Waals surface area contributed by atoms with Crippen molar-refractivity contribution in [3.05, 3.63) is 23.5 Å². The van der Waals surface area contributed by atoms with Gasteiger partial charge in [-0.1, -0.05) is 0 Å². The Bertz CT molecular complexity index is 394. The smallest absolute Gasteiger partial charge is 0.355 e. The molecule has 0 saturated carbocycles. The fraction of sp³-hybridized carbons (Fsp3) is 0.643. The van der Waals surface area contributed by atoms with Crippen molar-refractivity contribution in [2.24, 2.45) is 0 Å². The summed E-state index contributed by atoms with van der Waals surface area (Å²) in [6, 6.07) is 1.89. The average Bonchev–Trinajstić information content (AvgIpc) is 2.71. The summed E-state index contributed by atoms with van der Waals surface area (Å²) in [7, 11) is 0. The summed E-state index contributed by atoms with van der Waals surface area (Å²) in [5, 5.41) is 0. The van der Waals surface area contributed by atoms with E-state index in [2.05, 4.69) is 0 Å². The third kappa shape index (κ3) is 4.36. The molecule has 0 aliphatic carbocycles. The molecular weight excluding hydrogens is 246 g/mol. The molecule has 0 spiro atoms. The minimum atomic E-state index is -0.352. The molecule has 0 aliphatic heterocycles. The number of esters is 1. The van der Waals surface area contributed by atoms with Crippen LogP contribution in [0.5, 0.6) is 0 Å². The summed E-state index contributed by atoms with van der Waals surface area (Å²) in [4.78, 5) is 11.9. The molecule has 0 unspecified atom stereocenters. The molecule has 0 amide bonds. The molecule has 108 valence electrons. The minimum Gasteiger partial charge on any atom is -0.461 e. The predicted octanol–water partition coefficient (Wildman–Crippen LogP) is 2.37. The molecule has 1 heterocycles. The molecule has 1 rings (SSSR count). The Morgan fingerprint density at radius 2 is 1.84 bits per heavy atom. The maximum Gasteiger partial charge on any atom is 0.355 e. The zero-order valence-corrected chi connectivity index (χ0v) is 12.1. The second-order valence-electron chi connectivity index (χ2n) is 4.06.